The van der Waals surface area contributed by atoms with Gasteiger partial charge >= 0.3 is 0 Å². The van der Waals surface area contributed by atoms with E-state index in [1.807, 2.05) is 30.3 Å². The number of ether oxygens (including phenoxy) is 1. The van der Waals surface area contributed by atoms with Crippen molar-refractivity contribution >= 4 is 28.8 Å². The van der Waals surface area contributed by atoms with Crippen molar-refractivity contribution in [3.63, 3.8) is 0 Å². The van der Waals surface area contributed by atoms with E-state index in [0.29, 0.717) is 24.5 Å². The Labute approximate surface area is 173 Å². The van der Waals surface area contributed by atoms with Gasteiger partial charge in [0.25, 0.3) is 5.91 Å². The number of furan rings is 1. The fraction of sp³-hybridized carbons (Fsp3) is 0.227. The fourth-order valence-electron chi connectivity index (χ4n) is 3.00. The molecule has 3 rings (SSSR count). The molecule has 3 aromatic rings. The normalized spacial score (nSPS) is 11.3. The molecule has 30 heavy (non-hydrogen) atoms. The molecular weight excluding hydrogens is 384 g/mol. The highest BCUT2D eigenvalue weighted by atomic mass is 16.5. The molecule has 2 heterocycles. The third-order valence-electron chi connectivity index (χ3n) is 4.43. The number of nitrogens with zero attached hydrogens (tertiary/aromatic N) is 2. The molecule has 0 aliphatic heterocycles. The maximum Gasteiger partial charge on any atom is 0.262 e. The van der Waals surface area contributed by atoms with Crippen LogP contribution in [0.5, 0.6) is 0 Å². The minimum Gasteiger partial charge on any atom is -0.467 e. The average Bonchev–Trinajstić information content (AvgIpc) is 3.39. The predicted molar refractivity (Wildman–Crippen MR) is 111 cm³/mol. The van der Waals surface area contributed by atoms with Gasteiger partial charge in [0, 0.05) is 36.3 Å². The number of amides is 2. The van der Waals surface area contributed by atoms with Crippen LogP contribution in [-0.4, -0.2) is 36.6 Å². The number of rotatable bonds is 9. The molecule has 0 spiro atoms. The summed E-state index contributed by atoms with van der Waals surface area (Å²) >= 11 is 0. The number of fused-ring (bicyclic) bond motifs is 1. The van der Waals surface area contributed by atoms with Crippen LogP contribution < -0.4 is 10.6 Å². The van der Waals surface area contributed by atoms with Crippen LogP contribution in [0.1, 0.15) is 11.3 Å². The van der Waals surface area contributed by atoms with E-state index >= 15 is 0 Å². The summed E-state index contributed by atoms with van der Waals surface area (Å²) in [7, 11) is 1.57. The lowest BCUT2D eigenvalue weighted by atomic mass is 10.1. The first-order valence-corrected chi connectivity index (χ1v) is 9.38. The van der Waals surface area contributed by atoms with E-state index < -0.39 is 5.91 Å². The van der Waals surface area contributed by atoms with Gasteiger partial charge in [-0.05, 0) is 24.3 Å². The SMILES string of the molecule is COCCNC(=O)Cn1cc(/C=C(\C#N)C(=O)NCc2ccco2)c2ccccc21. The number of nitriles is 1. The van der Waals surface area contributed by atoms with Gasteiger partial charge in [-0.25, -0.2) is 0 Å². The van der Waals surface area contributed by atoms with Crippen LogP contribution in [0.3, 0.4) is 0 Å². The van der Waals surface area contributed by atoms with Gasteiger partial charge in [0.2, 0.25) is 5.91 Å². The molecule has 2 N–H and O–H groups in total. The first kappa shape index (κ1) is 20.9. The maximum atomic E-state index is 12.4. The van der Waals surface area contributed by atoms with E-state index in [-0.39, 0.29) is 24.6 Å². The molecule has 0 saturated carbocycles. The van der Waals surface area contributed by atoms with Crippen molar-refractivity contribution in [1.29, 1.82) is 5.26 Å². The summed E-state index contributed by atoms with van der Waals surface area (Å²) in [5, 5.41) is 15.8. The molecule has 2 amide bonds. The van der Waals surface area contributed by atoms with Crippen molar-refractivity contribution in [2.75, 3.05) is 20.3 Å². The lowest BCUT2D eigenvalue weighted by Crippen LogP contribution is -2.30. The second-order valence-corrected chi connectivity index (χ2v) is 6.50. The van der Waals surface area contributed by atoms with Gasteiger partial charge in [0.15, 0.2) is 0 Å². The summed E-state index contributed by atoms with van der Waals surface area (Å²) in [5.74, 6) is -0.0557. The second kappa shape index (κ2) is 10.1. The van der Waals surface area contributed by atoms with Gasteiger partial charge in [-0.1, -0.05) is 18.2 Å². The predicted octanol–water partition coefficient (Wildman–Crippen LogP) is 2.22. The zero-order valence-corrected chi connectivity index (χ0v) is 16.6. The van der Waals surface area contributed by atoms with E-state index in [1.165, 1.54) is 12.3 Å². The Balaban J connectivity index is 1.81. The van der Waals surface area contributed by atoms with Crippen LogP contribution in [0.15, 0.2) is 58.8 Å². The summed E-state index contributed by atoms with van der Waals surface area (Å²) in [6, 6.07) is 12.9. The number of methoxy groups -OCH3 is 1. The molecule has 0 radical (unpaired) electrons. The number of para-hydroxylation sites is 1. The Morgan fingerprint density at radius 2 is 2.07 bits per heavy atom. The van der Waals surface area contributed by atoms with Gasteiger partial charge in [0.05, 0.1) is 19.4 Å². The third kappa shape index (κ3) is 5.16. The topological polar surface area (TPSA) is 109 Å². The van der Waals surface area contributed by atoms with E-state index in [0.717, 1.165) is 10.9 Å². The van der Waals surface area contributed by atoms with Crippen LogP contribution in [-0.2, 0) is 27.4 Å². The Bertz CT molecular complexity index is 1090. The second-order valence-electron chi connectivity index (χ2n) is 6.50. The van der Waals surface area contributed by atoms with Crippen LogP contribution in [0.4, 0.5) is 0 Å². The standard InChI is InChI=1S/C22H22N4O4/c1-29-10-8-24-21(27)15-26-14-17(19-6-2-3-7-20(19)26)11-16(12-23)22(28)25-13-18-5-4-9-30-18/h2-7,9,11,14H,8,10,13,15H2,1H3,(H,24,27)(H,25,28)/b16-11+. The fourth-order valence-corrected chi connectivity index (χ4v) is 3.00. The average molecular weight is 406 g/mol. The van der Waals surface area contributed by atoms with Gasteiger partial charge in [-0.15, -0.1) is 0 Å². The molecule has 1 aromatic carbocycles. The number of carbonyl (C=O) groups excluding carboxylic acids is 2. The molecule has 0 unspecified atom stereocenters. The lowest BCUT2D eigenvalue weighted by Gasteiger charge is -2.06. The van der Waals surface area contributed by atoms with Crippen LogP contribution in [0.25, 0.3) is 17.0 Å². The van der Waals surface area contributed by atoms with Crippen molar-refractivity contribution in [3.05, 3.63) is 65.8 Å². The number of nitrogens with one attached hydrogen (secondary N) is 2. The molecule has 0 aliphatic carbocycles. The van der Waals surface area contributed by atoms with E-state index in [4.69, 9.17) is 9.15 Å². The Morgan fingerprint density at radius 1 is 1.23 bits per heavy atom. The monoisotopic (exact) mass is 406 g/mol. The highest BCUT2D eigenvalue weighted by molar-refractivity contribution is 6.04. The van der Waals surface area contributed by atoms with E-state index in [9.17, 15) is 14.9 Å². The Kier molecular flexibility index (Phi) is 7.03. The quantitative estimate of drug-likeness (QED) is 0.322. The minimum atomic E-state index is -0.497. The molecule has 8 heteroatoms. The third-order valence-corrected chi connectivity index (χ3v) is 4.43. The number of hydrogen-bond donors (Lipinski definition) is 2. The van der Waals surface area contributed by atoms with E-state index in [1.54, 1.807) is 30.0 Å². The van der Waals surface area contributed by atoms with Crippen molar-refractivity contribution in [2.24, 2.45) is 0 Å². The van der Waals surface area contributed by atoms with Gasteiger partial charge in [-0.2, -0.15) is 5.26 Å². The summed E-state index contributed by atoms with van der Waals surface area (Å²) in [4.78, 5) is 24.6. The number of hydrogen-bond acceptors (Lipinski definition) is 5. The molecule has 0 saturated heterocycles. The van der Waals surface area contributed by atoms with Crippen LogP contribution >= 0.6 is 0 Å². The summed E-state index contributed by atoms with van der Waals surface area (Å²) in [5.41, 5.74) is 1.48. The van der Waals surface area contributed by atoms with Gasteiger partial charge in [-0.3, -0.25) is 9.59 Å². The number of aromatic nitrogens is 1. The van der Waals surface area contributed by atoms with Crippen molar-refractivity contribution in [2.45, 2.75) is 13.1 Å². The summed E-state index contributed by atoms with van der Waals surface area (Å²) < 4.78 is 11.9. The number of benzene rings is 1. The molecule has 154 valence electrons. The van der Waals surface area contributed by atoms with Crippen molar-refractivity contribution in [3.8, 4) is 6.07 Å². The first-order chi connectivity index (χ1) is 14.6. The smallest absolute Gasteiger partial charge is 0.262 e. The first-order valence-electron chi connectivity index (χ1n) is 9.38. The lowest BCUT2D eigenvalue weighted by molar-refractivity contribution is -0.121. The highest BCUT2D eigenvalue weighted by Crippen LogP contribution is 2.23. The maximum absolute atomic E-state index is 12.4. The molecular formula is C22H22N4O4. The van der Waals surface area contributed by atoms with Crippen LogP contribution in [0.2, 0.25) is 0 Å². The molecule has 0 fully saturated rings. The molecule has 0 atom stereocenters. The summed E-state index contributed by atoms with van der Waals surface area (Å²) in [6.07, 6.45) is 4.81. The number of carbonyl (C=O) groups is 2. The largest absolute Gasteiger partial charge is 0.467 e. The van der Waals surface area contributed by atoms with Crippen molar-refractivity contribution in [1.82, 2.24) is 15.2 Å². The van der Waals surface area contributed by atoms with Crippen molar-refractivity contribution < 1.29 is 18.7 Å². The zero-order valence-electron chi connectivity index (χ0n) is 16.6. The minimum absolute atomic E-state index is 0.0333. The molecule has 8 nitrogen and oxygen atoms in total. The molecule has 2 aromatic heterocycles. The van der Waals surface area contributed by atoms with Gasteiger partial charge < -0.3 is 24.4 Å². The summed E-state index contributed by atoms with van der Waals surface area (Å²) in [6.45, 7) is 1.17. The van der Waals surface area contributed by atoms with Crippen LogP contribution in [0, 0.1) is 11.3 Å². The molecule has 0 bridgehead atoms. The van der Waals surface area contributed by atoms with E-state index in [2.05, 4.69) is 10.6 Å². The van der Waals surface area contributed by atoms with Gasteiger partial charge in [0.1, 0.15) is 23.9 Å². The Hall–Kier alpha value is -3.83. The molecule has 0 aliphatic rings. The highest BCUT2D eigenvalue weighted by Gasteiger charge is 2.14. The zero-order chi connectivity index (χ0) is 21.3. The Morgan fingerprint density at radius 3 is 2.80 bits per heavy atom.